The molecule has 1 aromatic carbocycles. The molecule has 2 aliphatic rings. The van der Waals surface area contributed by atoms with Crippen LogP contribution in [0.5, 0.6) is 0 Å². The van der Waals surface area contributed by atoms with Crippen LogP contribution in [0.1, 0.15) is 37.7 Å². The standard InChI is InChI=1S/C19H24ClN3O2/c1-12-7-15-13(8-14(12)20)18(25)23(11-22-15)10-19(4-5-19)9-16-17(24)3-2-6-21-16/h7-8,11,16-17,21,24H,2-6,9-10H2,1H3. The smallest absolute Gasteiger partial charge is 0.261 e. The maximum absolute atomic E-state index is 12.9. The second-order valence-electron chi connectivity index (χ2n) is 7.77. The van der Waals surface area contributed by atoms with E-state index in [1.807, 2.05) is 13.0 Å². The van der Waals surface area contributed by atoms with Crippen molar-refractivity contribution in [3.8, 4) is 0 Å². The van der Waals surface area contributed by atoms with Crippen molar-refractivity contribution in [3.63, 3.8) is 0 Å². The van der Waals surface area contributed by atoms with E-state index in [9.17, 15) is 9.90 Å². The first-order chi connectivity index (χ1) is 12.0. The van der Waals surface area contributed by atoms with E-state index < -0.39 is 0 Å². The number of fused-ring (bicyclic) bond motifs is 1. The number of hydrogen-bond donors (Lipinski definition) is 2. The Hall–Kier alpha value is -1.43. The third-order valence-electron chi connectivity index (χ3n) is 5.77. The minimum atomic E-state index is -0.278. The summed E-state index contributed by atoms with van der Waals surface area (Å²) in [5.41, 5.74) is 1.69. The Morgan fingerprint density at radius 1 is 1.44 bits per heavy atom. The van der Waals surface area contributed by atoms with Crippen molar-refractivity contribution in [2.24, 2.45) is 5.41 Å². The summed E-state index contributed by atoms with van der Waals surface area (Å²) in [4.78, 5) is 17.3. The molecule has 2 fully saturated rings. The first kappa shape index (κ1) is 17.0. The van der Waals surface area contributed by atoms with Crippen LogP contribution in [-0.4, -0.2) is 33.3 Å². The van der Waals surface area contributed by atoms with Crippen LogP contribution >= 0.6 is 11.6 Å². The SMILES string of the molecule is Cc1cc2ncn(CC3(CC4NCCCC4O)CC3)c(=O)c2cc1Cl. The molecule has 2 heterocycles. The summed E-state index contributed by atoms with van der Waals surface area (Å²) in [6, 6.07) is 3.72. The van der Waals surface area contributed by atoms with Crippen molar-refractivity contribution < 1.29 is 5.11 Å². The molecule has 1 aliphatic heterocycles. The summed E-state index contributed by atoms with van der Waals surface area (Å²) in [7, 11) is 0. The van der Waals surface area contributed by atoms with Gasteiger partial charge in [0.15, 0.2) is 0 Å². The third-order valence-corrected chi connectivity index (χ3v) is 6.18. The predicted octanol–water partition coefficient (Wildman–Crippen LogP) is 2.64. The lowest BCUT2D eigenvalue weighted by atomic mass is 9.89. The van der Waals surface area contributed by atoms with E-state index >= 15 is 0 Å². The molecule has 0 spiro atoms. The number of aliphatic hydroxyl groups is 1. The largest absolute Gasteiger partial charge is 0.392 e. The van der Waals surface area contributed by atoms with Crippen LogP contribution in [0, 0.1) is 12.3 Å². The molecular formula is C19H24ClN3O2. The van der Waals surface area contributed by atoms with Gasteiger partial charge in [0.25, 0.3) is 5.56 Å². The van der Waals surface area contributed by atoms with E-state index in [4.69, 9.17) is 11.6 Å². The van der Waals surface area contributed by atoms with Gasteiger partial charge >= 0.3 is 0 Å². The predicted molar refractivity (Wildman–Crippen MR) is 99.1 cm³/mol. The molecule has 1 aliphatic carbocycles. The molecule has 1 saturated carbocycles. The fourth-order valence-electron chi connectivity index (χ4n) is 3.97. The fourth-order valence-corrected chi connectivity index (χ4v) is 4.14. The average Bonchev–Trinajstić information content (AvgIpc) is 3.34. The van der Waals surface area contributed by atoms with Gasteiger partial charge in [-0.1, -0.05) is 11.6 Å². The van der Waals surface area contributed by atoms with Crippen LogP contribution in [0.2, 0.25) is 5.02 Å². The number of aromatic nitrogens is 2. The molecule has 2 aromatic rings. The fraction of sp³-hybridized carbons (Fsp3) is 0.579. The van der Waals surface area contributed by atoms with E-state index in [1.165, 1.54) is 0 Å². The maximum Gasteiger partial charge on any atom is 0.261 e. The van der Waals surface area contributed by atoms with Gasteiger partial charge in [0, 0.05) is 17.6 Å². The molecule has 6 heteroatoms. The van der Waals surface area contributed by atoms with Crippen molar-refractivity contribution in [2.45, 2.75) is 57.7 Å². The van der Waals surface area contributed by atoms with Gasteiger partial charge in [-0.05, 0) is 68.7 Å². The second kappa shape index (κ2) is 6.38. The van der Waals surface area contributed by atoms with Gasteiger partial charge in [0.1, 0.15) is 0 Å². The highest BCUT2D eigenvalue weighted by atomic mass is 35.5. The Bertz CT molecular complexity index is 860. The first-order valence-corrected chi connectivity index (χ1v) is 9.42. The number of hydrogen-bond acceptors (Lipinski definition) is 4. The molecule has 2 unspecified atom stereocenters. The van der Waals surface area contributed by atoms with Gasteiger partial charge in [0.05, 0.1) is 23.3 Å². The molecule has 2 N–H and O–H groups in total. The topological polar surface area (TPSA) is 67.2 Å². The molecule has 0 radical (unpaired) electrons. The first-order valence-electron chi connectivity index (χ1n) is 9.04. The number of aryl methyl sites for hydroxylation is 1. The zero-order valence-corrected chi connectivity index (χ0v) is 15.2. The molecular weight excluding hydrogens is 338 g/mol. The lowest BCUT2D eigenvalue weighted by Crippen LogP contribution is -2.46. The molecule has 134 valence electrons. The molecule has 0 amide bonds. The number of benzene rings is 1. The Kier molecular flexibility index (Phi) is 4.34. The number of halogens is 1. The van der Waals surface area contributed by atoms with Crippen molar-refractivity contribution >= 4 is 22.5 Å². The summed E-state index contributed by atoms with van der Waals surface area (Å²) < 4.78 is 1.72. The van der Waals surface area contributed by atoms with Crippen LogP contribution in [-0.2, 0) is 6.54 Å². The average molecular weight is 362 g/mol. The number of piperidine rings is 1. The van der Waals surface area contributed by atoms with E-state index in [2.05, 4.69) is 10.3 Å². The van der Waals surface area contributed by atoms with Crippen LogP contribution in [0.25, 0.3) is 10.9 Å². The highest BCUT2D eigenvalue weighted by Crippen LogP contribution is 2.51. The third kappa shape index (κ3) is 3.33. The highest BCUT2D eigenvalue weighted by Gasteiger charge is 2.46. The number of nitrogens with one attached hydrogen (secondary N) is 1. The Labute approximate surface area is 152 Å². The van der Waals surface area contributed by atoms with E-state index in [-0.39, 0.29) is 23.1 Å². The van der Waals surface area contributed by atoms with Gasteiger partial charge in [-0.2, -0.15) is 0 Å². The van der Waals surface area contributed by atoms with Gasteiger partial charge in [-0.3, -0.25) is 9.36 Å². The van der Waals surface area contributed by atoms with Crippen molar-refractivity contribution in [1.82, 2.24) is 14.9 Å². The number of rotatable bonds is 4. The van der Waals surface area contributed by atoms with Crippen LogP contribution in [0.3, 0.4) is 0 Å². The number of nitrogens with zero attached hydrogens (tertiary/aromatic N) is 2. The minimum absolute atomic E-state index is 0.0321. The summed E-state index contributed by atoms with van der Waals surface area (Å²) in [6.45, 7) is 3.54. The molecule has 5 nitrogen and oxygen atoms in total. The maximum atomic E-state index is 12.9. The Morgan fingerprint density at radius 2 is 2.24 bits per heavy atom. The lowest BCUT2D eigenvalue weighted by molar-refractivity contribution is 0.0793. The zero-order valence-electron chi connectivity index (χ0n) is 14.5. The molecule has 1 saturated heterocycles. The molecule has 2 atom stereocenters. The van der Waals surface area contributed by atoms with Crippen molar-refractivity contribution in [3.05, 3.63) is 39.4 Å². The molecule has 0 bridgehead atoms. The summed E-state index contributed by atoms with van der Waals surface area (Å²) in [5, 5.41) is 14.8. The van der Waals surface area contributed by atoms with Crippen molar-refractivity contribution in [1.29, 1.82) is 0 Å². The quantitative estimate of drug-likeness (QED) is 0.878. The minimum Gasteiger partial charge on any atom is -0.392 e. The number of aliphatic hydroxyl groups excluding tert-OH is 1. The van der Waals surface area contributed by atoms with Gasteiger partial charge < -0.3 is 10.4 Å². The van der Waals surface area contributed by atoms with Gasteiger partial charge in [-0.15, -0.1) is 0 Å². The summed E-state index contributed by atoms with van der Waals surface area (Å²) in [6.07, 6.45) is 6.37. The molecule has 4 rings (SSSR count). The van der Waals surface area contributed by atoms with Crippen molar-refractivity contribution in [2.75, 3.05) is 6.54 Å². The van der Waals surface area contributed by atoms with Crippen LogP contribution < -0.4 is 10.9 Å². The molecule has 25 heavy (non-hydrogen) atoms. The Balaban J connectivity index is 1.59. The van der Waals surface area contributed by atoms with Gasteiger partial charge in [0.2, 0.25) is 0 Å². The summed E-state index contributed by atoms with van der Waals surface area (Å²) >= 11 is 6.19. The van der Waals surface area contributed by atoms with E-state index in [0.717, 1.165) is 44.2 Å². The zero-order chi connectivity index (χ0) is 17.6. The second-order valence-corrected chi connectivity index (χ2v) is 8.18. The van der Waals surface area contributed by atoms with Crippen LogP contribution in [0.15, 0.2) is 23.3 Å². The Morgan fingerprint density at radius 3 is 2.96 bits per heavy atom. The van der Waals surface area contributed by atoms with Gasteiger partial charge in [-0.25, -0.2) is 4.98 Å². The highest BCUT2D eigenvalue weighted by molar-refractivity contribution is 6.32. The van der Waals surface area contributed by atoms with E-state index in [0.29, 0.717) is 22.5 Å². The normalized spacial score (nSPS) is 25.2. The molecule has 1 aromatic heterocycles. The monoisotopic (exact) mass is 361 g/mol. The summed E-state index contributed by atoms with van der Waals surface area (Å²) in [5.74, 6) is 0. The van der Waals surface area contributed by atoms with Crippen LogP contribution in [0.4, 0.5) is 0 Å². The van der Waals surface area contributed by atoms with E-state index in [1.54, 1.807) is 17.0 Å². The lowest BCUT2D eigenvalue weighted by Gasteiger charge is -2.32.